The van der Waals surface area contributed by atoms with Crippen LogP contribution in [0.3, 0.4) is 0 Å². The van der Waals surface area contributed by atoms with E-state index < -0.39 is 5.97 Å². The molecule has 0 spiro atoms. The summed E-state index contributed by atoms with van der Waals surface area (Å²) in [6, 6.07) is 6.44. The molecule has 0 saturated heterocycles. The Morgan fingerprint density at radius 2 is 1.91 bits per heavy atom. The fourth-order valence-corrected chi connectivity index (χ4v) is 2.37. The van der Waals surface area contributed by atoms with E-state index in [1.54, 1.807) is 25.1 Å². The van der Waals surface area contributed by atoms with Crippen LogP contribution < -0.4 is 10.2 Å². The number of hydrogen-bond acceptors (Lipinski definition) is 6. The molecule has 6 heteroatoms. The minimum absolute atomic E-state index is 0.0363. The summed E-state index contributed by atoms with van der Waals surface area (Å²) in [5.74, 6) is 0.468. The number of furan rings is 1. The lowest BCUT2D eigenvalue weighted by atomic mass is 10.1. The van der Waals surface area contributed by atoms with Crippen molar-refractivity contribution in [2.45, 2.75) is 6.92 Å². The first-order valence-electron chi connectivity index (χ1n) is 6.84. The standard InChI is InChI=1S/C17H14O6/c1-9-12(7-15(23-9)17(19)21-3)13-8-22-14-6-10(20-2)4-5-11(14)16(13)18/h4-8H,1-3H3. The van der Waals surface area contributed by atoms with Crippen LogP contribution in [0.5, 0.6) is 5.75 Å². The van der Waals surface area contributed by atoms with Gasteiger partial charge in [-0.2, -0.15) is 0 Å². The molecule has 0 amide bonds. The quantitative estimate of drug-likeness (QED) is 0.691. The van der Waals surface area contributed by atoms with Crippen LogP contribution in [0.4, 0.5) is 0 Å². The van der Waals surface area contributed by atoms with E-state index in [-0.39, 0.29) is 11.2 Å². The molecule has 0 saturated carbocycles. The van der Waals surface area contributed by atoms with Crippen molar-refractivity contribution in [2.24, 2.45) is 0 Å². The van der Waals surface area contributed by atoms with Crippen LogP contribution >= 0.6 is 0 Å². The van der Waals surface area contributed by atoms with Gasteiger partial charge in [-0.05, 0) is 25.1 Å². The third kappa shape index (κ3) is 2.48. The number of benzene rings is 1. The Bertz CT molecular complexity index is 947. The minimum atomic E-state index is -0.603. The Morgan fingerprint density at radius 1 is 1.13 bits per heavy atom. The predicted molar refractivity (Wildman–Crippen MR) is 82.8 cm³/mol. The Balaban J connectivity index is 2.18. The van der Waals surface area contributed by atoms with Gasteiger partial charge in [0.15, 0.2) is 0 Å². The van der Waals surface area contributed by atoms with Gasteiger partial charge in [0, 0.05) is 11.6 Å². The lowest BCUT2D eigenvalue weighted by Crippen LogP contribution is -2.05. The van der Waals surface area contributed by atoms with Gasteiger partial charge < -0.3 is 18.3 Å². The summed E-state index contributed by atoms with van der Waals surface area (Å²) >= 11 is 0. The summed E-state index contributed by atoms with van der Waals surface area (Å²) in [6.45, 7) is 1.67. The normalized spacial score (nSPS) is 10.7. The molecule has 0 atom stereocenters. The molecule has 0 bridgehead atoms. The van der Waals surface area contributed by atoms with Gasteiger partial charge >= 0.3 is 5.97 Å². The maximum Gasteiger partial charge on any atom is 0.373 e. The van der Waals surface area contributed by atoms with Crippen LogP contribution in [0.25, 0.3) is 22.1 Å². The van der Waals surface area contributed by atoms with Crippen molar-refractivity contribution in [2.75, 3.05) is 14.2 Å². The molecule has 0 aliphatic heterocycles. The molecular weight excluding hydrogens is 300 g/mol. The van der Waals surface area contributed by atoms with Crippen LogP contribution in [0, 0.1) is 6.92 Å². The van der Waals surface area contributed by atoms with E-state index in [9.17, 15) is 9.59 Å². The van der Waals surface area contributed by atoms with Gasteiger partial charge in [0.05, 0.1) is 25.2 Å². The average molecular weight is 314 g/mol. The number of ether oxygens (including phenoxy) is 2. The topological polar surface area (TPSA) is 78.9 Å². The number of aryl methyl sites for hydroxylation is 1. The zero-order chi connectivity index (χ0) is 16.6. The largest absolute Gasteiger partial charge is 0.497 e. The van der Waals surface area contributed by atoms with E-state index >= 15 is 0 Å². The third-order valence-corrected chi connectivity index (χ3v) is 3.58. The third-order valence-electron chi connectivity index (χ3n) is 3.58. The van der Waals surface area contributed by atoms with Crippen LogP contribution in [0.1, 0.15) is 16.3 Å². The first-order valence-corrected chi connectivity index (χ1v) is 6.84. The van der Waals surface area contributed by atoms with Crippen molar-refractivity contribution < 1.29 is 23.1 Å². The van der Waals surface area contributed by atoms with E-state index in [0.717, 1.165) is 0 Å². The molecule has 118 valence electrons. The molecule has 0 aliphatic carbocycles. The van der Waals surface area contributed by atoms with Crippen molar-refractivity contribution in [3.05, 3.63) is 52.3 Å². The van der Waals surface area contributed by atoms with Crippen LogP contribution in [0.15, 0.2) is 44.2 Å². The number of carbonyl (C=O) groups excluding carboxylic acids is 1. The second-order valence-electron chi connectivity index (χ2n) is 4.91. The van der Waals surface area contributed by atoms with E-state index in [0.29, 0.717) is 33.6 Å². The number of rotatable bonds is 3. The van der Waals surface area contributed by atoms with Gasteiger partial charge in [0.25, 0.3) is 0 Å². The summed E-state index contributed by atoms with van der Waals surface area (Å²) in [6.07, 6.45) is 1.35. The van der Waals surface area contributed by atoms with Crippen molar-refractivity contribution in [3.63, 3.8) is 0 Å². The van der Waals surface area contributed by atoms with Crippen molar-refractivity contribution in [1.29, 1.82) is 0 Å². The second-order valence-corrected chi connectivity index (χ2v) is 4.91. The van der Waals surface area contributed by atoms with Crippen LogP contribution in [-0.2, 0) is 4.74 Å². The van der Waals surface area contributed by atoms with Crippen LogP contribution in [-0.4, -0.2) is 20.2 Å². The van der Waals surface area contributed by atoms with E-state index in [1.807, 2.05) is 0 Å². The van der Waals surface area contributed by atoms with Gasteiger partial charge in [-0.25, -0.2) is 4.79 Å². The number of hydrogen-bond donors (Lipinski definition) is 0. The number of carbonyl (C=O) groups is 1. The van der Waals surface area contributed by atoms with Crippen molar-refractivity contribution >= 4 is 16.9 Å². The monoisotopic (exact) mass is 314 g/mol. The molecular formula is C17H14O6. The molecule has 3 aromatic rings. The SMILES string of the molecule is COC(=O)c1cc(-c2coc3cc(OC)ccc3c2=O)c(C)o1. The maximum absolute atomic E-state index is 12.7. The Kier molecular flexibility index (Phi) is 3.65. The Morgan fingerprint density at radius 3 is 2.61 bits per heavy atom. The van der Waals surface area contributed by atoms with Crippen LogP contribution in [0.2, 0.25) is 0 Å². The molecule has 1 aromatic carbocycles. The van der Waals surface area contributed by atoms with E-state index in [2.05, 4.69) is 4.74 Å². The lowest BCUT2D eigenvalue weighted by Gasteiger charge is -2.03. The van der Waals surface area contributed by atoms with Gasteiger partial charge in [0.2, 0.25) is 11.2 Å². The second kappa shape index (κ2) is 5.64. The highest BCUT2D eigenvalue weighted by Crippen LogP contribution is 2.27. The van der Waals surface area contributed by atoms with E-state index in [1.165, 1.54) is 26.5 Å². The summed E-state index contributed by atoms with van der Waals surface area (Å²) in [7, 11) is 2.80. The van der Waals surface area contributed by atoms with Gasteiger partial charge in [-0.3, -0.25) is 4.79 Å². The van der Waals surface area contributed by atoms with Gasteiger partial charge in [0.1, 0.15) is 23.4 Å². The van der Waals surface area contributed by atoms with Gasteiger partial charge in [-0.15, -0.1) is 0 Å². The van der Waals surface area contributed by atoms with E-state index in [4.69, 9.17) is 13.6 Å². The smallest absolute Gasteiger partial charge is 0.373 e. The first kappa shape index (κ1) is 14.9. The Hall–Kier alpha value is -3.02. The summed E-state index contributed by atoms with van der Waals surface area (Å²) in [4.78, 5) is 24.2. The maximum atomic E-state index is 12.7. The Labute approximate surface area is 131 Å². The zero-order valence-corrected chi connectivity index (χ0v) is 12.8. The molecule has 6 nitrogen and oxygen atoms in total. The molecule has 0 N–H and O–H groups in total. The number of esters is 1. The molecule has 23 heavy (non-hydrogen) atoms. The number of fused-ring (bicyclic) bond motifs is 1. The molecule has 0 radical (unpaired) electrons. The highest BCUT2D eigenvalue weighted by molar-refractivity contribution is 5.89. The molecule has 2 heterocycles. The zero-order valence-electron chi connectivity index (χ0n) is 12.8. The molecule has 3 rings (SSSR count). The highest BCUT2D eigenvalue weighted by Gasteiger charge is 2.19. The van der Waals surface area contributed by atoms with Crippen molar-refractivity contribution in [3.8, 4) is 16.9 Å². The van der Waals surface area contributed by atoms with Gasteiger partial charge in [-0.1, -0.05) is 0 Å². The summed E-state index contributed by atoms with van der Waals surface area (Å²) < 4.78 is 20.6. The highest BCUT2D eigenvalue weighted by atomic mass is 16.5. The lowest BCUT2D eigenvalue weighted by molar-refractivity contribution is 0.0563. The fraction of sp³-hybridized carbons (Fsp3) is 0.176. The minimum Gasteiger partial charge on any atom is -0.497 e. The predicted octanol–water partition coefficient (Wildman–Crippen LogP) is 3.16. The molecule has 2 aromatic heterocycles. The summed E-state index contributed by atoms with van der Waals surface area (Å²) in [5, 5.41) is 0.420. The fourth-order valence-electron chi connectivity index (χ4n) is 2.37. The molecule has 0 aliphatic rings. The summed E-state index contributed by atoms with van der Waals surface area (Å²) in [5.41, 5.74) is 1.03. The molecule has 0 unspecified atom stereocenters. The van der Waals surface area contributed by atoms with Crippen molar-refractivity contribution in [1.82, 2.24) is 0 Å². The first-order chi connectivity index (χ1) is 11.0. The number of methoxy groups -OCH3 is 2. The molecule has 0 fully saturated rings. The average Bonchev–Trinajstić information content (AvgIpc) is 2.95.